The molecule has 0 saturated heterocycles. The van der Waals surface area contributed by atoms with Crippen LogP contribution in [-0.4, -0.2) is 35.7 Å². The molecule has 2 aromatic carbocycles. The zero-order valence-corrected chi connectivity index (χ0v) is 14.0. The van der Waals surface area contributed by atoms with Gasteiger partial charge in [-0.3, -0.25) is 5.32 Å². The molecule has 0 heterocycles. The number of rotatable bonds is 7. The summed E-state index contributed by atoms with van der Waals surface area (Å²) in [5.41, 5.74) is 1.70. The highest BCUT2D eigenvalue weighted by Gasteiger charge is 2.21. The molecule has 4 amide bonds. The molecule has 26 heavy (non-hydrogen) atoms. The van der Waals surface area contributed by atoms with Gasteiger partial charge in [-0.1, -0.05) is 60.7 Å². The fourth-order valence-corrected chi connectivity index (χ4v) is 2.22. The Hall–Kier alpha value is -2.88. The maximum Gasteiger partial charge on any atom is 0.635 e. The largest absolute Gasteiger partial charge is 0.635 e. The van der Waals surface area contributed by atoms with E-state index in [1.54, 1.807) is 24.3 Å². The number of benzene rings is 2. The molecule has 136 valence electrons. The van der Waals surface area contributed by atoms with Crippen molar-refractivity contribution < 1.29 is 24.3 Å². The molecule has 0 fully saturated rings. The average Bonchev–Trinajstić information content (AvgIpc) is 2.61. The fourth-order valence-electron chi connectivity index (χ4n) is 2.22. The van der Waals surface area contributed by atoms with Crippen LogP contribution in [0.2, 0.25) is 0 Å². The first-order valence-corrected chi connectivity index (χ1v) is 7.98. The van der Waals surface area contributed by atoms with Gasteiger partial charge >= 0.3 is 19.4 Å². The maximum absolute atomic E-state index is 11.9. The molecule has 0 aliphatic heterocycles. The third kappa shape index (κ3) is 7.35. The zero-order chi connectivity index (χ0) is 18.8. The number of hydrogen-bond donors (Lipinski definition) is 5. The Morgan fingerprint density at radius 2 is 1.50 bits per heavy atom. The van der Waals surface area contributed by atoms with E-state index in [4.69, 9.17) is 14.7 Å². The van der Waals surface area contributed by atoms with Crippen molar-refractivity contribution in [1.29, 1.82) is 0 Å². The van der Waals surface area contributed by atoms with E-state index in [0.29, 0.717) is 0 Å². The van der Waals surface area contributed by atoms with Gasteiger partial charge in [-0.2, -0.15) is 0 Å². The SMILES string of the molecule is O=C(NCc1ccccc1)NC(=O)N[C@@H](Cc1ccccc1)OB(O)O. The Morgan fingerprint density at radius 3 is 2.08 bits per heavy atom. The molecule has 0 aliphatic rings. The molecule has 8 nitrogen and oxygen atoms in total. The number of imide groups is 1. The van der Waals surface area contributed by atoms with E-state index in [2.05, 4.69) is 16.0 Å². The van der Waals surface area contributed by atoms with Crippen LogP contribution in [0.15, 0.2) is 60.7 Å². The van der Waals surface area contributed by atoms with Crippen LogP contribution in [0.5, 0.6) is 0 Å². The molecule has 2 rings (SSSR count). The molecule has 0 bridgehead atoms. The Labute approximate surface area is 151 Å². The van der Waals surface area contributed by atoms with Crippen molar-refractivity contribution in [2.45, 2.75) is 19.2 Å². The monoisotopic (exact) mass is 357 g/mol. The van der Waals surface area contributed by atoms with Gasteiger partial charge < -0.3 is 25.3 Å². The van der Waals surface area contributed by atoms with Gasteiger partial charge in [0.1, 0.15) is 6.23 Å². The van der Waals surface area contributed by atoms with Gasteiger partial charge in [0.15, 0.2) is 0 Å². The van der Waals surface area contributed by atoms with Crippen molar-refractivity contribution in [3.8, 4) is 0 Å². The van der Waals surface area contributed by atoms with E-state index < -0.39 is 25.6 Å². The standard InChI is InChI=1S/C17H20BN3O5/c22-16(19-12-14-9-5-2-6-10-14)21-17(23)20-15(26-18(24)25)11-13-7-3-1-4-8-13/h1-10,15,24-25H,11-12H2,(H3,19,20,21,22,23)/t15-/m1/s1. The summed E-state index contributed by atoms with van der Waals surface area (Å²) in [6, 6.07) is 16.7. The van der Waals surface area contributed by atoms with E-state index in [9.17, 15) is 9.59 Å². The number of urea groups is 2. The summed E-state index contributed by atoms with van der Waals surface area (Å²) < 4.78 is 4.84. The summed E-state index contributed by atoms with van der Waals surface area (Å²) in [6.07, 6.45) is -0.836. The van der Waals surface area contributed by atoms with Crippen molar-refractivity contribution in [2.75, 3.05) is 0 Å². The predicted octanol–water partition coefficient (Wildman–Crippen LogP) is 0.750. The summed E-state index contributed by atoms with van der Waals surface area (Å²) in [5.74, 6) is 0. The summed E-state index contributed by atoms with van der Waals surface area (Å²) in [6.45, 7) is 0.263. The molecule has 9 heteroatoms. The number of amides is 4. The van der Waals surface area contributed by atoms with Gasteiger partial charge in [-0.15, -0.1) is 0 Å². The summed E-state index contributed by atoms with van der Waals surface area (Å²) >= 11 is 0. The second kappa shape index (κ2) is 10.2. The molecule has 0 aromatic heterocycles. The van der Waals surface area contributed by atoms with Crippen molar-refractivity contribution in [1.82, 2.24) is 16.0 Å². The minimum Gasteiger partial charge on any atom is -0.402 e. The minimum absolute atomic E-state index is 0.192. The lowest BCUT2D eigenvalue weighted by Crippen LogP contribution is -2.50. The second-order valence-corrected chi connectivity index (χ2v) is 5.41. The Balaban J connectivity index is 1.82. The summed E-state index contributed by atoms with van der Waals surface area (Å²) in [4.78, 5) is 23.7. The molecule has 1 atom stereocenters. The van der Waals surface area contributed by atoms with Crippen molar-refractivity contribution in [3.63, 3.8) is 0 Å². The highest BCUT2D eigenvalue weighted by molar-refractivity contribution is 6.32. The van der Waals surface area contributed by atoms with E-state index in [0.717, 1.165) is 11.1 Å². The lowest BCUT2D eigenvalue weighted by Gasteiger charge is -2.19. The Bertz CT molecular complexity index is 700. The van der Waals surface area contributed by atoms with E-state index in [-0.39, 0.29) is 13.0 Å². The van der Waals surface area contributed by atoms with Crippen LogP contribution in [0.4, 0.5) is 9.59 Å². The first-order chi connectivity index (χ1) is 12.5. The van der Waals surface area contributed by atoms with Gasteiger partial charge in [0.05, 0.1) is 0 Å². The highest BCUT2D eigenvalue weighted by Crippen LogP contribution is 2.04. The number of carbonyl (C=O) groups is 2. The summed E-state index contributed by atoms with van der Waals surface area (Å²) in [7, 11) is -2.06. The fraction of sp³-hybridized carbons (Fsp3) is 0.176. The first kappa shape index (κ1) is 19.4. The Morgan fingerprint density at radius 1 is 0.923 bits per heavy atom. The molecule has 2 aromatic rings. The number of nitrogens with one attached hydrogen (secondary N) is 3. The van der Waals surface area contributed by atoms with Crippen molar-refractivity contribution in [3.05, 3.63) is 71.8 Å². The maximum atomic E-state index is 11.9. The zero-order valence-electron chi connectivity index (χ0n) is 14.0. The van der Waals surface area contributed by atoms with Crippen LogP contribution in [-0.2, 0) is 17.6 Å². The van der Waals surface area contributed by atoms with Gasteiger partial charge in [0, 0.05) is 13.0 Å². The highest BCUT2D eigenvalue weighted by atomic mass is 16.6. The van der Waals surface area contributed by atoms with Crippen LogP contribution in [0.25, 0.3) is 0 Å². The third-order valence-corrected chi connectivity index (χ3v) is 3.36. The summed E-state index contributed by atoms with van der Waals surface area (Å²) in [5, 5.41) is 25.0. The van der Waals surface area contributed by atoms with Crippen LogP contribution >= 0.6 is 0 Å². The molecule has 0 radical (unpaired) electrons. The quantitative estimate of drug-likeness (QED) is 0.370. The normalized spacial score (nSPS) is 11.3. The van der Waals surface area contributed by atoms with Crippen LogP contribution in [0.3, 0.4) is 0 Å². The number of carbonyl (C=O) groups excluding carboxylic acids is 2. The topological polar surface area (TPSA) is 120 Å². The second-order valence-electron chi connectivity index (χ2n) is 5.41. The van der Waals surface area contributed by atoms with Crippen molar-refractivity contribution >= 4 is 19.4 Å². The molecular weight excluding hydrogens is 337 g/mol. The molecule has 0 aliphatic carbocycles. The van der Waals surface area contributed by atoms with Crippen LogP contribution in [0, 0.1) is 0 Å². The molecule has 5 N–H and O–H groups in total. The van der Waals surface area contributed by atoms with Gasteiger partial charge in [0.2, 0.25) is 0 Å². The molecule has 0 saturated carbocycles. The lowest BCUT2D eigenvalue weighted by molar-refractivity contribution is 0.0997. The van der Waals surface area contributed by atoms with Gasteiger partial charge in [-0.05, 0) is 11.1 Å². The van der Waals surface area contributed by atoms with Crippen molar-refractivity contribution in [2.24, 2.45) is 0 Å². The molecule has 0 unspecified atom stereocenters. The predicted molar refractivity (Wildman–Crippen MR) is 95.6 cm³/mol. The third-order valence-electron chi connectivity index (χ3n) is 3.36. The van der Waals surface area contributed by atoms with Crippen LogP contribution < -0.4 is 16.0 Å². The van der Waals surface area contributed by atoms with E-state index in [1.807, 2.05) is 36.4 Å². The van der Waals surface area contributed by atoms with E-state index in [1.165, 1.54) is 0 Å². The Kier molecular flexibility index (Phi) is 7.62. The smallest absolute Gasteiger partial charge is 0.402 e. The van der Waals surface area contributed by atoms with Gasteiger partial charge in [-0.25, -0.2) is 9.59 Å². The van der Waals surface area contributed by atoms with Crippen LogP contribution in [0.1, 0.15) is 11.1 Å². The lowest BCUT2D eigenvalue weighted by atomic mass is 10.1. The minimum atomic E-state index is -2.06. The van der Waals surface area contributed by atoms with Gasteiger partial charge in [0.25, 0.3) is 0 Å². The molecule has 0 spiro atoms. The average molecular weight is 357 g/mol. The van der Waals surface area contributed by atoms with E-state index >= 15 is 0 Å². The molecular formula is C17H20BN3O5. The number of hydrogen-bond acceptors (Lipinski definition) is 5. The first-order valence-electron chi connectivity index (χ1n) is 7.98.